The number of esters is 2. The van der Waals surface area contributed by atoms with Gasteiger partial charge in [0.2, 0.25) is 0 Å². The molecule has 0 aromatic carbocycles. The zero-order chi connectivity index (χ0) is 59.8. The van der Waals surface area contributed by atoms with Gasteiger partial charge in [0.1, 0.15) is 13.2 Å². The first-order chi connectivity index (χ1) is 40.1. The zero-order valence-electron chi connectivity index (χ0n) is 55.7. The van der Waals surface area contributed by atoms with Crippen LogP contribution in [0, 0.1) is 0 Å². The summed E-state index contributed by atoms with van der Waals surface area (Å²) >= 11 is 0. The number of likely N-dealkylation sites (N-methyl/N-ethyl adjacent to an activating group) is 1. The number of unbranched alkanes of at least 4 members (excludes halogenated alkanes) is 52. The molecule has 0 aliphatic rings. The Kier molecular flexibility index (Phi) is 63.5. The molecule has 2 atom stereocenters. The van der Waals surface area contributed by atoms with E-state index in [-0.39, 0.29) is 32.2 Å². The summed E-state index contributed by atoms with van der Waals surface area (Å²) in [5.41, 5.74) is 0. The lowest BCUT2D eigenvalue weighted by Gasteiger charge is -2.26. The van der Waals surface area contributed by atoms with Gasteiger partial charge in [-0.15, -0.1) is 0 Å². The van der Waals surface area contributed by atoms with Crippen LogP contribution in [0.2, 0.25) is 0 Å². The van der Waals surface area contributed by atoms with E-state index in [1.54, 1.807) is 0 Å². The lowest BCUT2D eigenvalue weighted by molar-refractivity contribution is -0.870. The molecule has 0 aliphatic carbocycles. The number of ether oxygens (including phenoxy) is 4. The van der Waals surface area contributed by atoms with Gasteiger partial charge in [-0.3, -0.25) is 9.59 Å². The van der Waals surface area contributed by atoms with Gasteiger partial charge in [-0.2, -0.15) is 0 Å². The Morgan fingerprint density at radius 1 is 0.354 bits per heavy atom. The Bertz CT molecular complexity index is 1350. The Hall–Kier alpha value is -1.97. The van der Waals surface area contributed by atoms with Gasteiger partial charge in [-0.25, -0.2) is 0 Å². The van der Waals surface area contributed by atoms with E-state index >= 15 is 0 Å². The average molecular weight is 1160 g/mol. The molecule has 0 heterocycles. The van der Waals surface area contributed by atoms with Crippen molar-refractivity contribution in [2.24, 2.45) is 0 Å². The van der Waals surface area contributed by atoms with Crippen LogP contribution in [0.15, 0.2) is 12.2 Å². The molecule has 0 saturated heterocycles. The molecule has 2 unspecified atom stereocenters. The van der Waals surface area contributed by atoms with Crippen LogP contribution in [0.1, 0.15) is 380 Å². The number of allylic oxidation sites excluding steroid dienone is 2. The lowest BCUT2D eigenvalue weighted by Crippen LogP contribution is -2.44. The predicted molar refractivity (Wildman–Crippen MR) is 348 cm³/mol. The van der Waals surface area contributed by atoms with Crippen LogP contribution in [-0.4, -0.2) is 82.3 Å². The van der Waals surface area contributed by atoms with Gasteiger partial charge in [0.05, 0.1) is 40.3 Å². The van der Waals surface area contributed by atoms with Crippen molar-refractivity contribution >= 4 is 17.9 Å². The maximum absolute atomic E-state index is 12.9. The molecule has 0 radical (unpaired) electrons. The molecule has 0 aliphatic heterocycles. The number of quaternary nitrogens is 1. The molecule has 0 aromatic rings. The molecule has 486 valence electrons. The van der Waals surface area contributed by atoms with Crippen LogP contribution >= 0.6 is 0 Å². The van der Waals surface area contributed by atoms with E-state index in [2.05, 4.69) is 26.0 Å². The number of carbonyl (C=O) groups excluding carboxylic acids is 3. The summed E-state index contributed by atoms with van der Waals surface area (Å²) in [5.74, 6) is -2.26. The molecule has 9 nitrogen and oxygen atoms in total. The van der Waals surface area contributed by atoms with Crippen molar-refractivity contribution in [3.63, 3.8) is 0 Å². The fourth-order valence-corrected chi connectivity index (χ4v) is 11.2. The lowest BCUT2D eigenvalue weighted by atomic mass is 10.0. The molecule has 0 saturated carbocycles. The smallest absolute Gasteiger partial charge is 0.306 e. The molecule has 0 rings (SSSR count). The van der Waals surface area contributed by atoms with Crippen LogP contribution in [0.5, 0.6) is 0 Å². The molecule has 82 heavy (non-hydrogen) atoms. The fraction of sp³-hybridized carbons (Fsp3) is 0.932. The largest absolute Gasteiger partial charge is 0.545 e. The summed E-state index contributed by atoms with van der Waals surface area (Å²) in [7, 11) is 5.94. The van der Waals surface area contributed by atoms with Crippen molar-refractivity contribution in [2.75, 3.05) is 47.5 Å². The minimum Gasteiger partial charge on any atom is -0.545 e. The van der Waals surface area contributed by atoms with E-state index in [4.69, 9.17) is 18.9 Å². The van der Waals surface area contributed by atoms with Gasteiger partial charge in [0.15, 0.2) is 12.4 Å². The molecule has 0 aromatic heterocycles. The van der Waals surface area contributed by atoms with Gasteiger partial charge in [0, 0.05) is 12.8 Å². The summed E-state index contributed by atoms with van der Waals surface area (Å²) in [5, 5.41) is 11.8. The molecule has 0 spiro atoms. The third-order valence-corrected chi connectivity index (χ3v) is 16.8. The number of carbonyl (C=O) groups is 3. The number of hydrogen-bond acceptors (Lipinski definition) is 8. The molecule has 9 heteroatoms. The molecule has 0 N–H and O–H groups in total. The van der Waals surface area contributed by atoms with Crippen molar-refractivity contribution in [3.8, 4) is 0 Å². The molecule has 0 amide bonds. The van der Waals surface area contributed by atoms with Crippen molar-refractivity contribution in [1.29, 1.82) is 0 Å². The van der Waals surface area contributed by atoms with Gasteiger partial charge in [0.25, 0.3) is 0 Å². The van der Waals surface area contributed by atoms with Gasteiger partial charge < -0.3 is 33.3 Å². The van der Waals surface area contributed by atoms with Crippen molar-refractivity contribution in [1.82, 2.24) is 0 Å². The second kappa shape index (κ2) is 65.0. The first-order valence-electron chi connectivity index (χ1n) is 36.3. The fourth-order valence-electron chi connectivity index (χ4n) is 11.2. The second-order valence-electron chi connectivity index (χ2n) is 26.2. The molecule has 0 fully saturated rings. The summed E-state index contributed by atoms with van der Waals surface area (Å²) in [6.07, 6.45) is 76.2. The highest BCUT2D eigenvalue weighted by atomic mass is 16.7. The number of aliphatic carboxylic acids is 1. The van der Waals surface area contributed by atoms with E-state index < -0.39 is 24.3 Å². The number of nitrogens with zero attached hydrogens (tertiary/aromatic N) is 1. The van der Waals surface area contributed by atoms with E-state index in [1.165, 1.54) is 302 Å². The standard InChI is InChI=1S/C73H141NO8/c1-6-8-10-12-14-16-18-20-22-24-25-26-27-28-29-30-31-32-33-34-35-36-37-38-39-40-41-42-43-44-45-46-48-49-51-53-55-57-59-61-63-70(75)80-67-69(68-81-73(72(77)78)79-66-65-74(3,4)5)82-71(76)64-62-60-58-56-54-52-50-47-23-21-19-17-15-13-11-9-7-2/h21,23,69,73H,6-20,22,24-68H2,1-5H3/b23-21-. The van der Waals surface area contributed by atoms with Gasteiger partial charge in [-0.1, -0.05) is 341 Å². The number of hydrogen-bond donors (Lipinski definition) is 0. The molecular formula is C73H141NO8. The quantitative estimate of drug-likeness (QED) is 0.0195. The third kappa shape index (κ3) is 65.6. The van der Waals surface area contributed by atoms with Crippen LogP contribution in [-0.2, 0) is 33.3 Å². The third-order valence-electron chi connectivity index (χ3n) is 16.8. The normalized spacial score (nSPS) is 12.6. The molecule has 0 bridgehead atoms. The Morgan fingerprint density at radius 3 is 0.902 bits per heavy atom. The minimum atomic E-state index is -1.62. The van der Waals surface area contributed by atoms with Crippen molar-refractivity contribution in [3.05, 3.63) is 12.2 Å². The topological polar surface area (TPSA) is 111 Å². The van der Waals surface area contributed by atoms with Crippen LogP contribution in [0.25, 0.3) is 0 Å². The van der Waals surface area contributed by atoms with Crippen molar-refractivity contribution in [2.45, 2.75) is 392 Å². The maximum Gasteiger partial charge on any atom is 0.306 e. The Balaban J connectivity index is 3.88. The predicted octanol–water partition coefficient (Wildman–Crippen LogP) is 21.1. The highest BCUT2D eigenvalue weighted by molar-refractivity contribution is 5.70. The van der Waals surface area contributed by atoms with E-state index in [0.717, 1.165) is 44.9 Å². The minimum absolute atomic E-state index is 0.151. The maximum atomic E-state index is 12.9. The Morgan fingerprint density at radius 2 is 0.622 bits per heavy atom. The monoisotopic (exact) mass is 1160 g/mol. The molecular weight excluding hydrogens is 1020 g/mol. The summed E-state index contributed by atoms with van der Waals surface area (Å²) in [4.78, 5) is 37.4. The average Bonchev–Trinajstić information content (AvgIpc) is 3.45. The van der Waals surface area contributed by atoms with Crippen LogP contribution in [0.3, 0.4) is 0 Å². The first kappa shape index (κ1) is 80.0. The SMILES string of the molecule is CCCCCCCC/C=C\CCCCCCCCCC(=O)OC(COC(=O)CCCCCCCCCCCCCCCCCCCCCCCCCCCCCCCCCCCCCCCCCC)COC(OCC[N+](C)(C)C)C(=O)[O-]. The van der Waals surface area contributed by atoms with E-state index in [1.807, 2.05) is 21.1 Å². The van der Waals surface area contributed by atoms with Crippen LogP contribution < -0.4 is 5.11 Å². The summed E-state index contributed by atoms with van der Waals surface area (Å²) in [6.45, 7) is 4.81. The van der Waals surface area contributed by atoms with Gasteiger partial charge in [-0.05, 0) is 38.5 Å². The number of carboxylic acid groups (broad SMARTS) is 1. The highest BCUT2D eigenvalue weighted by Gasteiger charge is 2.22. The zero-order valence-corrected chi connectivity index (χ0v) is 55.7. The summed E-state index contributed by atoms with van der Waals surface area (Å²) < 4.78 is 22.8. The Labute approximate surface area is 510 Å². The summed E-state index contributed by atoms with van der Waals surface area (Å²) in [6, 6.07) is 0. The number of rotatable bonds is 69. The first-order valence-corrected chi connectivity index (χ1v) is 36.3. The van der Waals surface area contributed by atoms with E-state index in [0.29, 0.717) is 23.9 Å². The van der Waals surface area contributed by atoms with Crippen molar-refractivity contribution < 1.29 is 42.9 Å². The van der Waals surface area contributed by atoms with Gasteiger partial charge >= 0.3 is 11.9 Å². The highest BCUT2D eigenvalue weighted by Crippen LogP contribution is 2.19. The second-order valence-corrected chi connectivity index (χ2v) is 26.2. The van der Waals surface area contributed by atoms with Crippen LogP contribution in [0.4, 0.5) is 0 Å². The number of carboxylic acids is 1. The van der Waals surface area contributed by atoms with E-state index in [9.17, 15) is 19.5 Å².